The number of nitrogens with one attached hydrogen (secondary N) is 1. The molecule has 2 amide bonds. The van der Waals surface area contributed by atoms with Crippen molar-refractivity contribution < 1.29 is 9.53 Å². The molecular formula is C17H21ClN4O2. The van der Waals surface area contributed by atoms with Gasteiger partial charge in [0.15, 0.2) is 0 Å². The molecule has 0 radical (unpaired) electrons. The van der Waals surface area contributed by atoms with Crippen LogP contribution in [0.1, 0.15) is 18.7 Å². The summed E-state index contributed by atoms with van der Waals surface area (Å²) in [4.78, 5) is 18.3. The molecular weight excluding hydrogens is 328 g/mol. The molecule has 128 valence electrons. The second-order valence-electron chi connectivity index (χ2n) is 5.85. The zero-order chi connectivity index (χ0) is 16.9. The van der Waals surface area contributed by atoms with E-state index in [0.717, 1.165) is 18.7 Å². The van der Waals surface area contributed by atoms with Crippen molar-refractivity contribution in [1.29, 1.82) is 0 Å². The smallest absolute Gasteiger partial charge is 0.317 e. The Kier molecular flexibility index (Phi) is 5.25. The van der Waals surface area contributed by atoms with Crippen LogP contribution in [0.4, 0.5) is 4.79 Å². The van der Waals surface area contributed by atoms with E-state index in [1.165, 1.54) is 0 Å². The van der Waals surface area contributed by atoms with Crippen LogP contribution in [0.2, 0.25) is 5.02 Å². The van der Waals surface area contributed by atoms with Gasteiger partial charge in [0.2, 0.25) is 0 Å². The summed E-state index contributed by atoms with van der Waals surface area (Å²) in [5.74, 6) is 1.54. The van der Waals surface area contributed by atoms with Crippen molar-refractivity contribution in [2.75, 3.05) is 13.1 Å². The average Bonchev–Trinajstić information content (AvgIpc) is 3.00. The van der Waals surface area contributed by atoms with Crippen LogP contribution in [0.3, 0.4) is 0 Å². The van der Waals surface area contributed by atoms with Gasteiger partial charge in [0.1, 0.15) is 17.7 Å². The lowest BCUT2D eigenvalue weighted by atomic mass is 10.1. The number of rotatable bonds is 4. The van der Waals surface area contributed by atoms with Gasteiger partial charge in [-0.15, -0.1) is 0 Å². The molecule has 0 bridgehead atoms. The van der Waals surface area contributed by atoms with Crippen LogP contribution in [0.5, 0.6) is 5.75 Å². The second-order valence-corrected chi connectivity index (χ2v) is 6.25. The lowest BCUT2D eigenvalue weighted by Gasteiger charge is -2.32. The number of hydrogen-bond acceptors (Lipinski definition) is 3. The number of carbonyl (C=O) groups excluding carboxylic acids is 1. The number of hydrogen-bond donors (Lipinski definition) is 1. The normalized spacial score (nSPS) is 15.3. The van der Waals surface area contributed by atoms with E-state index >= 15 is 0 Å². The third-order valence-corrected chi connectivity index (χ3v) is 4.49. The minimum absolute atomic E-state index is 0.0609. The van der Waals surface area contributed by atoms with Gasteiger partial charge in [-0.25, -0.2) is 9.78 Å². The van der Waals surface area contributed by atoms with E-state index < -0.39 is 0 Å². The van der Waals surface area contributed by atoms with Crippen LogP contribution >= 0.6 is 11.6 Å². The maximum atomic E-state index is 12.2. The first-order valence-corrected chi connectivity index (χ1v) is 8.41. The van der Waals surface area contributed by atoms with Crippen molar-refractivity contribution >= 4 is 17.6 Å². The molecule has 0 atom stereocenters. The third kappa shape index (κ3) is 4.00. The topological polar surface area (TPSA) is 59.4 Å². The van der Waals surface area contributed by atoms with Gasteiger partial charge < -0.3 is 19.5 Å². The van der Waals surface area contributed by atoms with Gasteiger partial charge in [0.25, 0.3) is 0 Å². The van der Waals surface area contributed by atoms with Crippen LogP contribution in [0, 0.1) is 0 Å². The molecule has 1 aliphatic heterocycles. The van der Waals surface area contributed by atoms with Crippen LogP contribution in [-0.4, -0.2) is 39.7 Å². The van der Waals surface area contributed by atoms with Crippen molar-refractivity contribution in [3.8, 4) is 5.75 Å². The molecule has 1 N–H and O–H groups in total. The molecule has 0 saturated carbocycles. The molecule has 1 fully saturated rings. The van der Waals surface area contributed by atoms with Crippen molar-refractivity contribution in [3.63, 3.8) is 0 Å². The minimum Gasteiger partial charge on any atom is -0.489 e. The minimum atomic E-state index is -0.0609. The highest BCUT2D eigenvalue weighted by atomic mass is 35.5. The van der Waals surface area contributed by atoms with Crippen molar-refractivity contribution in [2.45, 2.75) is 25.5 Å². The SMILES string of the molecule is Cn1ccnc1CNC(=O)N1CCC(Oc2ccccc2Cl)CC1. The highest BCUT2D eigenvalue weighted by Gasteiger charge is 2.24. The van der Waals surface area contributed by atoms with E-state index in [1.54, 1.807) is 6.20 Å². The molecule has 6 nitrogen and oxygen atoms in total. The summed E-state index contributed by atoms with van der Waals surface area (Å²) in [6.07, 6.45) is 5.25. The van der Waals surface area contributed by atoms with Crippen LogP contribution < -0.4 is 10.1 Å². The number of amides is 2. The number of aryl methyl sites for hydroxylation is 1. The maximum absolute atomic E-state index is 12.2. The predicted octanol–water partition coefficient (Wildman–Crippen LogP) is 2.83. The summed E-state index contributed by atoms with van der Waals surface area (Å²) in [7, 11) is 1.91. The van der Waals surface area contributed by atoms with Gasteiger partial charge in [-0.05, 0) is 12.1 Å². The number of para-hydroxylation sites is 1. The molecule has 3 rings (SSSR count). The summed E-state index contributed by atoms with van der Waals surface area (Å²) in [6, 6.07) is 7.41. The lowest BCUT2D eigenvalue weighted by molar-refractivity contribution is 0.111. The van der Waals surface area contributed by atoms with Crippen molar-refractivity contribution in [1.82, 2.24) is 19.8 Å². The van der Waals surface area contributed by atoms with Gasteiger partial charge >= 0.3 is 6.03 Å². The van der Waals surface area contributed by atoms with Crippen LogP contribution in [0.15, 0.2) is 36.7 Å². The first-order chi connectivity index (χ1) is 11.6. The predicted molar refractivity (Wildman–Crippen MR) is 92.1 cm³/mol. The molecule has 1 aromatic carbocycles. The van der Waals surface area contributed by atoms with Gasteiger partial charge in [-0.3, -0.25) is 0 Å². The number of piperidine rings is 1. The molecule has 1 aromatic heterocycles. The summed E-state index contributed by atoms with van der Waals surface area (Å²) >= 11 is 6.12. The maximum Gasteiger partial charge on any atom is 0.317 e. The van der Waals surface area contributed by atoms with E-state index in [9.17, 15) is 4.79 Å². The lowest BCUT2D eigenvalue weighted by Crippen LogP contribution is -2.46. The Morgan fingerprint density at radius 3 is 2.79 bits per heavy atom. The fourth-order valence-electron chi connectivity index (χ4n) is 2.73. The largest absolute Gasteiger partial charge is 0.489 e. The zero-order valence-electron chi connectivity index (χ0n) is 13.6. The number of aromatic nitrogens is 2. The summed E-state index contributed by atoms with van der Waals surface area (Å²) in [5.41, 5.74) is 0. The first-order valence-electron chi connectivity index (χ1n) is 8.03. The van der Waals surface area contributed by atoms with E-state index in [1.807, 2.05) is 47.0 Å². The molecule has 0 spiro atoms. The molecule has 0 aliphatic carbocycles. The molecule has 1 aliphatic rings. The Bertz CT molecular complexity index is 695. The number of likely N-dealkylation sites (tertiary alicyclic amines) is 1. The fourth-order valence-corrected chi connectivity index (χ4v) is 2.91. The standard InChI is InChI=1S/C17H21ClN4O2/c1-21-11-8-19-16(21)12-20-17(23)22-9-6-13(7-10-22)24-15-5-3-2-4-14(15)18/h2-5,8,11,13H,6-7,9-10,12H2,1H3,(H,20,23). The molecule has 24 heavy (non-hydrogen) atoms. The Morgan fingerprint density at radius 2 is 2.12 bits per heavy atom. The molecule has 7 heteroatoms. The number of carbonyl (C=O) groups is 1. The van der Waals surface area contributed by atoms with E-state index in [2.05, 4.69) is 10.3 Å². The van der Waals surface area contributed by atoms with E-state index in [4.69, 9.17) is 16.3 Å². The summed E-state index contributed by atoms with van der Waals surface area (Å²) < 4.78 is 7.84. The highest BCUT2D eigenvalue weighted by molar-refractivity contribution is 6.32. The number of nitrogens with zero attached hydrogens (tertiary/aromatic N) is 3. The molecule has 1 saturated heterocycles. The zero-order valence-corrected chi connectivity index (χ0v) is 14.4. The number of imidazole rings is 1. The van der Waals surface area contributed by atoms with Gasteiger partial charge in [0.05, 0.1) is 11.6 Å². The van der Waals surface area contributed by atoms with Crippen molar-refractivity contribution in [2.24, 2.45) is 7.05 Å². The summed E-state index contributed by atoms with van der Waals surface area (Å²) in [5, 5.41) is 3.53. The molecule has 2 heterocycles. The summed E-state index contributed by atoms with van der Waals surface area (Å²) in [6.45, 7) is 1.77. The van der Waals surface area contributed by atoms with Crippen molar-refractivity contribution in [3.05, 3.63) is 47.5 Å². The van der Waals surface area contributed by atoms with E-state index in [-0.39, 0.29) is 12.1 Å². The number of benzene rings is 1. The average molecular weight is 349 g/mol. The number of halogens is 1. The van der Waals surface area contributed by atoms with Crippen LogP contribution in [-0.2, 0) is 13.6 Å². The molecule has 2 aromatic rings. The fraction of sp³-hybridized carbons (Fsp3) is 0.412. The Morgan fingerprint density at radius 1 is 1.38 bits per heavy atom. The Hall–Kier alpha value is -2.21. The molecule has 0 unspecified atom stereocenters. The quantitative estimate of drug-likeness (QED) is 0.924. The van der Waals surface area contributed by atoms with E-state index in [0.29, 0.717) is 30.4 Å². The number of ether oxygens (including phenoxy) is 1. The third-order valence-electron chi connectivity index (χ3n) is 4.18. The second kappa shape index (κ2) is 7.57. The van der Waals surface area contributed by atoms with Gasteiger partial charge in [-0.1, -0.05) is 23.7 Å². The monoisotopic (exact) mass is 348 g/mol. The highest BCUT2D eigenvalue weighted by Crippen LogP contribution is 2.26. The number of urea groups is 1. The van der Waals surface area contributed by atoms with Crippen LogP contribution in [0.25, 0.3) is 0 Å². The van der Waals surface area contributed by atoms with Gasteiger partial charge in [-0.2, -0.15) is 0 Å². The Balaban J connectivity index is 1.45. The first kappa shape index (κ1) is 16.6. The Labute approximate surface area is 146 Å². The van der Waals surface area contributed by atoms with Gasteiger partial charge in [0, 0.05) is 45.4 Å².